The van der Waals surface area contributed by atoms with Crippen molar-refractivity contribution in [2.45, 2.75) is 19.4 Å². The molecule has 1 aliphatic rings. The second-order valence-corrected chi connectivity index (χ2v) is 3.97. The van der Waals surface area contributed by atoms with Crippen molar-refractivity contribution in [3.8, 4) is 0 Å². The van der Waals surface area contributed by atoms with E-state index >= 15 is 0 Å². The molecule has 76 valence electrons. The van der Waals surface area contributed by atoms with E-state index in [1.54, 1.807) is 0 Å². The molecule has 0 unspecified atom stereocenters. The van der Waals surface area contributed by atoms with Crippen LogP contribution in [0.2, 0.25) is 5.28 Å². The second kappa shape index (κ2) is 3.71. The molecule has 0 radical (unpaired) electrons. The first-order valence-electron chi connectivity index (χ1n) is 4.67. The molecule has 0 saturated carbocycles. The Morgan fingerprint density at radius 2 is 2.36 bits per heavy atom. The Kier molecular flexibility index (Phi) is 2.56. The molecular formula is C9H13ClN4. The predicted molar refractivity (Wildman–Crippen MR) is 56.6 cm³/mol. The third kappa shape index (κ3) is 1.96. The highest BCUT2D eigenvalue weighted by Gasteiger charge is 2.20. The highest BCUT2D eigenvalue weighted by Crippen LogP contribution is 2.19. The van der Waals surface area contributed by atoms with E-state index < -0.39 is 0 Å². The minimum absolute atomic E-state index is 0.254. The van der Waals surface area contributed by atoms with Gasteiger partial charge in [0, 0.05) is 30.9 Å². The highest BCUT2D eigenvalue weighted by atomic mass is 35.5. The first kappa shape index (κ1) is 9.68. The van der Waals surface area contributed by atoms with Gasteiger partial charge in [-0.15, -0.1) is 0 Å². The maximum atomic E-state index is 5.82. The zero-order chi connectivity index (χ0) is 10.1. The summed E-state index contributed by atoms with van der Waals surface area (Å²) in [6.45, 7) is 3.72. The summed E-state index contributed by atoms with van der Waals surface area (Å²) in [6, 6.07) is 2.19. The molecule has 1 aliphatic heterocycles. The third-order valence-corrected chi connectivity index (χ3v) is 2.53. The summed E-state index contributed by atoms with van der Waals surface area (Å²) in [4.78, 5) is 10.3. The molecule has 14 heavy (non-hydrogen) atoms. The summed E-state index contributed by atoms with van der Waals surface area (Å²) >= 11 is 5.78. The molecule has 5 heteroatoms. The van der Waals surface area contributed by atoms with Crippen LogP contribution in [-0.2, 0) is 0 Å². The SMILES string of the molecule is Cc1cc(N2CC[C@@H](N)C2)nc(Cl)n1. The number of halogens is 1. The van der Waals surface area contributed by atoms with Crippen LogP contribution >= 0.6 is 11.6 Å². The van der Waals surface area contributed by atoms with Crippen LogP contribution in [0.4, 0.5) is 5.82 Å². The molecule has 0 amide bonds. The molecule has 1 saturated heterocycles. The number of hydrogen-bond donors (Lipinski definition) is 1. The fourth-order valence-corrected chi connectivity index (χ4v) is 1.89. The molecule has 0 spiro atoms. The minimum atomic E-state index is 0.254. The van der Waals surface area contributed by atoms with E-state index in [0.29, 0.717) is 5.28 Å². The van der Waals surface area contributed by atoms with Crippen molar-refractivity contribution < 1.29 is 0 Å². The summed E-state index contributed by atoms with van der Waals surface area (Å²) in [5.74, 6) is 0.885. The minimum Gasteiger partial charge on any atom is -0.355 e. The lowest BCUT2D eigenvalue weighted by Crippen LogP contribution is -2.27. The average molecular weight is 213 g/mol. The smallest absolute Gasteiger partial charge is 0.224 e. The lowest BCUT2D eigenvalue weighted by Gasteiger charge is -2.16. The summed E-state index contributed by atoms with van der Waals surface area (Å²) < 4.78 is 0. The van der Waals surface area contributed by atoms with Gasteiger partial charge in [0.2, 0.25) is 5.28 Å². The lowest BCUT2D eigenvalue weighted by atomic mass is 10.3. The molecule has 0 aliphatic carbocycles. The maximum absolute atomic E-state index is 5.82. The third-order valence-electron chi connectivity index (χ3n) is 2.36. The van der Waals surface area contributed by atoms with Gasteiger partial charge in [0.15, 0.2) is 0 Å². The van der Waals surface area contributed by atoms with Crippen molar-refractivity contribution in [3.05, 3.63) is 17.0 Å². The fraction of sp³-hybridized carbons (Fsp3) is 0.556. The van der Waals surface area contributed by atoms with Gasteiger partial charge in [0.25, 0.3) is 0 Å². The molecule has 0 bridgehead atoms. The van der Waals surface area contributed by atoms with E-state index in [1.165, 1.54) is 0 Å². The Morgan fingerprint density at radius 3 is 2.93 bits per heavy atom. The molecule has 1 fully saturated rings. The summed E-state index contributed by atoms with van der Waals surface area (Å²) in [6.07, 6.45) is 1.01. The van der Waals surface area contributed by atoms with Crippen LogP contribution < -0.4 is 10.6 Å². The molecular weight excluding hydrogens is 200 g/mol. The normalized spacial score (nSPS) is 21.6. The molecule has 1 aromatic heterocycles. The highest BCUT2D eigenvalue weighted by molar-refractivity contribution is 6.28. The average Bonchev–Trinajstić information content (AvgIpc) is 2.50. The van der Waals surface area contributed by atoms with Crippen LogP contribution in [0.3, 0.4) is 0 Å². The number of anilines is 1. The van der Waals surface area contributed by atoms with Gasteiger partial charge < -0.3 is 10.6 Å². The molecule has 0 aromatic carbocycles. The Balaban J connectivity index is 2.23. The quantitative estimate of drug-likeness (QED) is 0.705. The molecule has 2 heterocycles. The van der Waals surface area contributed by atoms with Crippen LogP contribution in [0, 0.1) is 6.92 Å². The number of rotatable bonds is 1. The summed E-state index contributed by atoms with van der Waals surface area (Å²) in [5, 5.41) is 0.306. The van der Waals surface area contributed by atoms with E-state index in [2.05, 4.69) is 14.9 Å². The number of aromatic nitrogens is 2. The molecule has 1 atom stereocenters. The van der Waals surface area contributed by atoms with Crippen LogP contribution in [0.5, 0.6) is 0 Å². The van der Waals surface area contributed by atoms with E-state index in [-0.39, 0.29) is 6.04 Å². The van der Waals surface area contributed by atoms with Crippen LogP contribution in [0.25, 0.3) is 0 Å². The van der Waals surface area contributed by atoms with Crippen molar-refractivity contribution >= 4 is 17.4 Å². The molecule has 2 rings (SSSR count). The van der Waals surface area contributed by atoms with Gasteiger partial charge in [-0.3, -0.25) is 0 Å². The van der Waals surface area contributed by atoms with Crippen molar-refractivity contribution in [2.24, 2.45) is 5.73 Å². The number of nitrogens with zero attached hydrogens (tertiary/aromatic N) is 3. The van der Waals surface area contributed by atoms with Gasteiger partial charge in [-0.1, -0.05) is 0 Å². The van der Waals surface area contributed by atoms with Crippen molar-refractivity contribution in [2.75, 3.05) is 18.0 Å². The Morgan fingerprint density at radius 1 is 1.57 bits per heavy atom. The molecule has 1 aromatic rings. The number of nitrogens with two attached hydrogens (primary N) is 1. The zero-order valence-corrected chi connectivity index (χ0v) is 8.83. The first-order valence-corrected chi connectivity index (χ1v) is 5.04. The van der Waals surface area contributed by atoms with E-state index in [0.717, 1.165) is 31.0 Å². The zero-order valence-electron chi connectivity index (χ0n) is 8.07. The fourth-order valence-electron chi connectivity index (χ4n) is 1.67. The first-order chi connectivity index (χ1) is 6.65. The Labute approximate surface area is 88.1 Å². The molecule has 4 nitrogen and oxygen atoms in total. The monoisotopic (exact) mass is 212 g/mol. The van der Waals surface area contributed by atoms with Crippen LogP contribution in [0.1, 0.15) is 12.1 Å². The van der Waals surface area contributed by atoms with Crippen molar-refractivity contribution in [3.63, 3.8) is 0 Å². The van der Waals surface area contributed by atoms with Gasteiger partial charge in [0.1, 0.15) is 5.82 Å². The Hall–Kier alpha value is -0.870. The van der Waals surface area contributed by atoms with E-state index in [4.69, 9.17) is 17.3 Å². The van der Waals surface area contributed by atoms with Gasteiger partial charge in [-0.25, -0.2) is 9.97 Å². The van der Waals surface area contributed by atoms with E-state index in [1.807, 2.05) is 13.0 Å². The Bertz CT molecular complexity index is 321. The summed E-state index contributed by atoms with van der Waals surface area (Å²) in [7, 11) is 0. The largest absolute Gasteiger partial charge is 0.355 e. The van der Waals surface area contributed by atoms with Gasteiger partial charge in [0.05, 0.1) is 0 Å². The van der Waals surface area contributed by atoms with Crippen molar-refractivity contribution in [1.82, 2.24) is 9.97 Å². The summed E-state index contributed by atoms with van der Waals surface area (Å²) in [5.41, 5.74) is 6.71. The van der Waals surface area contributed by atoms with Gasteiger partial charge in [-0.2, -0.15) is 0 Å². The van der Waals surface area contributed by atoms with Gasteiger partial charge in [-0.05, 0) is 24.9 Å². The van der Waals surface area contributed by atoms with Gasteiger partial charge >= 0.3 is 0 Å². The molecule has 2 N–H and O–H groups in total. The topological polar surface area (TPSA) is 55.0 Å². The van der Waals surface area contributed by atoms with Crippen LogP contribution in [0.15, 0.2) is 6.07 Å². The van der Waals surface area contributed by atoms with E-state index in [9.17, 15) is 0 Å². The predicted octanol–water partition coefficient (Wildman–Crippen LogP) is 0.976. The van der Waals surface area contributed by atoms with Crippen LogP contribution in [-0.4, -0.2) is 29.1 Å². The number of aryl methyl sites for hydroxylation is 1. The number of hydrogen-bond acceptors (Lipinski definition) is 4. The lowest BCUT2D eigenvalue weighted by molar-refractivity contribution is 0.751. The standard InChI is InChI=1S/C9H13ClN4/c1-6-4-8(13-9(10)12-6)14-3-2-7(11)5-14/h4,7H,2-3,5,11H2,1H3/t7-/m1/s1. The van der Waals surface area contributed by atoms with Crippen molar-refractivity contribution in [1.29, 1.82) is 0 Å². The second-order valence-electron chi connectivity index (χ2n) is 3.63. The maximum Gasteiger partial charge on any atom is 0.224 e.